The van der Waals surface area contributed by atoms with Gasteiger partial charge in [-0.1, -0.05) is 97.8 Å². The van der Waals surface area contributed by atoms with Crippen LogP contribution in [0.25, 0.3) is 0 Å². The first kappa shape index (κ1) is 29.1. The van der Waals surface area contributed by atoms with Crippen LogP contribution in [0.15, 0.2) is 0 Å². The molecule has 3 atom stereocenters. The Kier molecular flexibility index (Phi) is 18.9. The average Bonchev–Trinajstić information content (AvgIpc) is 2.73. The Morgan fingerprint density at radius 2 is 0.793 bits per heavy atom. The standard InChI is InChI=1S/C24H51O4P/c1-7-10-13-16-19-22(26-4)29(25,23(27-5)20-17-14-11-8-2)24(28-6)21-18-15-12-9-3/h22-24H,7-21H2,1-6H3. The molecule has 0 heterocycles. The van der Waals surface area contributed by atoms with Crippen molar-refractivity contribution in [2.75, 3.05) is 21.3 Å². The highest BCUT2D eigenvalue weighted by atomic mass is 31.2. The first-order valence-corrected chi connectivity index (χ1v) is 14.1. The highest BCUT2D eigenvalue weighted by molar-refractivity contribution is 7.65. The van der Waals surface area contributed by atoms with Gasteiger partial charge in [-0.15, -0.1) is 0 Å². The molecule has 0 aromatic rings. The van der Waals surface area contributed by atoms with Crippen LogP contribution in [0.3, 0.4) is 0 Å². The maximum atomic E-state index is 14.6. The zero-order valence-electron chi connectivity index (χ0n) is 20.4. The molecule has 3 unspecified atom stereocenters. The summed E-state index contributed by atoms with van der Waals surface area (Å²) in [6.45, 7) is 6.65. The number of unbranched alkanes of at least 4 members (excludes halogenated alkanes) is 9. The largest absolute Gasteiger partial charge is 0.374 e. The number of hydrogen-bond acceptors (Lipinski definition) is 4. The van der Waals surface area contributed by atoms with E-state index in [1.54, 1.807) is 21.3 Å². The molecule has 0 aliphatic rings. The third kappa shape index (κ3) is 10.8. The second-order valence-electron chi connectivity index (χ2n) is 8.38. The van der Waals surface area contributed by atoms with Crippen molar-refractivity contribution < 1.29 is 18.8 Å². The van der Waals surface area contributed by atoms with E-state index in [0.717, 1.165) is 38.5 Å². The minimum absolute atomic E-state index is 0.272. The van der Waals surface area contributed by atoms with Gasteiger partial charge in [-0.25, -0.2) is 0 Å². The topological polar surface area (TPSA) is 44.8 Å². The lowest BCUT2D eigenvalue weighted by atomic mass is 10.1. The number of rotatable bonds is 21. The van der Waals surface area contributed by atoms with Gasteiger partial charge in [0.15, 0.2) is 7.14 Å². The third-order valence-electron chi connectivity index (χ3n) is 6.08. The van der Waals surface area contributed by atoms with Crippen LogP contribution in [-0.4, -0.2) is 38.9 Å². The van der Waals surface area contributed by atoms with Crippen LogP contribution in [0.5, 0.6) is 0 Å². The van der Waals surface area contributed by atoms with Crippen molar-refractivity contribution in [2.45, 2.75) is 135 Å². The molecule has 0 saturated heterocycles. The van der Waals surface area contributed by atoms with Crippen molar-refractivity contribution in [3.05, 3.63) is 0 Å². The molecule has 0 bridgehead atoms. The van der Waals surface area contributed by atoms with Gasteiger partial charge >= 0.3 is 0 Å². The Hall–Kier alpha value is 0.110. The molecule has 0 radical (unpaired) electrons. The van der Waals surface area contributed by atoms with Crippen molar-refractivity contribution in [1.82, 2.24) is 0 Å². The highest BCUT2D eigenvalue weighted by Crippen LogP contribution is 2.63. The highest BCUT2D eigenvalue weighted by Gasteiger charge is 2.47. The third-order valence-corrected chi connectivity index (χ3v) is 10.2. The molecule has 0 aliphatic carbocycles. The van der Waals surface area contributed by atoms with E-state index >= 15 is 0 Å². The lowest BCUT2D eigenvalue weighted by Gasteiger charge is -2.38. The molecule has 5 heteroatoms. The quantitative estimate of drug-likeness (QED) is 0.135. The van der Waals surface area contributed by atoms with Crippen LogP contribution in [-0.2, 0) is 18.8 Å². The van der Waals surface area contributed by atoms with E-state index in [4.69, 9.17) is 14.2 Å². The van der Waals surface area contributed by atoms with Crippen LogP contribution < -0.4 is 0 Å². The molecule has 0 fully saturated rings. The molecular formula is C24H51O4P. The Morgan fingerprint density at radius 3 is 1.00 bits per heavy atom. The Bertz CT molecular complexity index is 345. The van der Waals surface area contributed by atoms with Crippen LogP contribution in [0.2, 0.25) is 0 Å². The van der Waals surface area contributed by atoms with E-state index in [2.05, 4.69) is 20.8 Å². The van der Waals surface area contributed by atoms with Crippen molar-refractivity contribution in [1.29, 1.82) is 0 Å². The minimum Gasteiger partial charge on any atom is -0.374 e. The molecule has 29 heavy (non-hydrogen) atoms. The summed E-state index contributed by atoms with van der Waals surface area (Å²) < 4.78 is 32.3. The van der Waals surface area contributed by atoms with Crippen LogP contribution in [0, 0.1) is 0 Å². The fourth-order valence-corrected chi connectivity index (χ4v) is 8.11. The van der Waals surface area contributed by atoms with Gasteiger partial charge in [-0.05, 0) is 19.3 Å². The summed E-state index contributed by atoms with van der Waals surface area (Å²) in [6.07, 6.45) is 16.4. The van der Waals surface area contributed by atoms with Gasteiger partial charge in [-0.3, -0.25) is 0 Å². The Labute approximate surface area is 182 Å². The van der Waals surface area contributed by atoms with Crippen LogP contribution >= 0.6 is 7.14 Å². The molecule has 176 valence electrons. The van der Waals surface area contributed by atoms with Gasteiger partial charge in [0.2, 0.25) is 0 Å². The fourth-order valence-electron chi connectivity index (χ4n) is 4.25. The maximum Gasteiger partial charge on any atom is 0.169 e. The first-order chi connectivity index (χ1) is 14.1. The van der Waals surface area contributed by atoms with E-state index in [0.29, 0.717) is 0 Å². The first-order valence-electron chi connectivity index (χ1n) is 12.2. The molecule has 0 spiro atoms. The summed E-state index contributed by atoms with van der Waals surface area (Å²) in [4.78, 5) is 0. The van der Waals surface area contributed by atoms with Gasteiger partial charge in [0.05, 0.1) is 0 Å². The van der Waals surface area contributed by atoms with Gasteiger partial charge in [0, 0.05) is 21.3 Å². The lowest BCUT2D eigenvalue weighted by Crippen LogP contribution is -2.31. The SMILES string of the molecule is CCCCCCC(OC)P(=O)(C(CCCCCC)OC)C(CCCCCC)OC. The summed E-state index contributed by atoms with van der Waals surface area (Å²) in [5.41, 5.74) is 0. The van der Waals surface area contributed by atoms with Gasteiger partial charge in [-0.2, -0.15) is 0 Å². The smallest absolute Gasteiger partial charge is 0.169 e. The van der Waals surface area contributed by atoms with Gasteiger partial charge in [0.25, 0.3) is 0 Å². The Balaban J connectivity index is 5.43. The summed E-state index contributed by atoms with van der Waals surface area (Å²) in [6, 6.07) is 0. The van der Waals surface area contributed by atoms with E-state index in [1.165, 1.54) is 57.8 Å². The van der Waals surface area contributed by atoms with Crippen LogP contribution in [0.1, 0.15) is 117 Å². The number of hydrogen-bond donors (Lipinski definition) is 0. The number of ether oxygens (including phenoxy) is 3. The second kappa shape index (κ2) is 18.8. The molecule has 0 saturated carbocycles. The van der Waals surface area contributed by atoms with Crippen molar-refractivity contribution >= 4 is 7.14 Å². The summed E-state index contributed by atoms with van der Waals surface area (Å²) in [7, 11) is 2.28. The van der Waals surface area contributed by atoms with E-state index < -0.39 is 7.14 Å². The normalized spacial score (nSPS) is 17.0. The van der Waals surface area contributed by atoms with Crippen LogP contribution in [0.4, 0.5) is 0 Å². The number of methoxy groups -OCH3 is 3. The monoisotopic (exact) mass is 434 g/mol. The molecular weight excluding hydrogens is 383 g/mol. The minimum atomic E-state index is -2.86. The molecule has 0 aromatic carbocycles. The van der Waals surface area contributed by atoms with Crippen molar-refractivity contribution in [3.63, 3.8) is 0 Å². The zero-order chi connectivity index (χ0) is 22.0. The predicted molar refractivity (Wildman–Crippen MR) is 126 cm³/mol. The average molecular weight is 435 g/mol. The lowest BCUT2D eigenvalue weighted by molar-refractivity contribution is 0.0896. The molecule has 4 nitrogen and oxygen atoms in total. The van der Waals surface area contributed by atoms with E-state index in [-0.39, 0.29) is 17.5 Å². The molecule has 0 rings (SSSR count). The predicted octanol–water partition coefficient (Wildman–Crippen LogP) is 8.18. The molecule has 0 N–H and O–H groups in total. The van der Waals surface area contributed by atoms with E-state index in [1.807, 2.05) is 0 Å². The summed E-state index contributed by atoms with van der Waals surface area (Å²) in [5, 5.41) is 0. The molecule has 0 aliphatic heterocycles. The fraction of sp³-hybridized carbons (Fsp3) is 1.00. The van der Waals surface area contributed by atoms with Crippen molar-refractivity contribution in [2.24, 2.45) is 0 Å². The molecule has 0 amide bonds. The van der Waals surface area contributed by atoms with Crippen molar-refractivity contribution in [3.8, 4) is 0 Å². The zero-order valence-corrected chi connectivity index (χ0v) is 21.3. The second-order valence-corrected chi connectivity index (χ2v) is 11.6. The van der Waals surface area contributed by atoms with E-state index in [9.17, 15) is 4.57 Å². The summed E-state index contributed by atoms with van der Waals surface area (Å²) in [5.74, 6) is -0.815. The Morgan fingerprint density at radius 1 is 0.517 bits per heavy atom. The van der Waals surface area contributed by atoms with Gasteiger partial charge in [0.1, 0.15) is 17.5 Å². The maximum absolute atomic E-state index is 14.6. The molecule has 0 aromatic heterocycles. The summed E-state index contributed by atoms with van der Waals surface area (Å²) >= 11 is 0. The van der Waals surface area contributed by atoms with Gasteiger partial charge < -0.3 is 18.8 Å².